The number of halogens is 1. The van der Waals surface area contributed by atoms with Crippen molar-refractivity contribution < 1.29 is 14.6 Å². The number of carbonyl (C=O) groups is 1. The van der Waals surface area contributed by atoms with Gasteiger partial charge in [0.1, 0.15) is 6.10 Å². The van der Waals surface area contributed by atoms with Crippen LogP contribution in [0.25, 0.3) is 0 Å². The molecule has 0 saturated carbocycles. The van der Waals surface area contributed by atoms with Crippen LogP contribution < -0.4 is 0 Å². The smallest absolute Gasteiger partial charge is 0.331 e. The van der Waals surface area contributed by atoms with Gasteiger partial charge in [-0.1, -0.05) is 29.8 Å². The molecule has 0 unspecified atom stereocenters. The van der Waals surface area contributed by atoms with Crippen LogP contribution in [0.2, 0.25) is 5.02 Å². The van der Waals surface area contributed by atoms with Crippen LogP contribution in [0.5, 0.6) is 0 Å². The Labute approximate surface area is 91.9 Å². The van der Waals surface area contributed by atoms with Crippen LogP contribution in [0.3, 0.4) is 0 Å². The summed E-state index contributed by atoms with van der Waals surface area (Å²) in [5.74, 6) is -0.439. The molecule has 78 valence electrons. The molecule has 1 aromatic carbocycles. The van der Waals surface area contributed by atoms with Gasteiger partial charge in [0.15, 0.2) is 6.10 Å². The van der Waals surface area contributed by atoms with Crippen molar-refractivity contribution in [2.45, 2.75) is 12.2 Å². The summed E-state index contributed by atoms with van der Waals surface area (Å²) in [7, 11) is 0. The van der Waals surface area contributed by atoms with Crippen LogP contribution in [-0.4, -0.2) is 17.2 Å². The average molecular weight is 225 g/mol. The van der Waals surface area contributed by atoms with Crippen LogP contribution >= 0.6 is 11.6 Å². The van der Waals surface area contributed by atoms with Gasteiger partial charge in [-0.15, -0.1) is 0 Å². The molecule has 15 heavy (non-hydrogen) atoms. The van der Waals surface area contributed by atoms with Gasteiger partial charge in [-0.2, -0.15) is 0 Å². The maximum atomic E-state index is 10.8. The van der Waals surface area contributed by atoms with Crippen LogP contribution in [0.1, 0.15) is 11.7 Å². The van der Waals surface area contributed by atoms with Crippen LogP contribution in [-0.2, 0) is 9.53 Å². The molecule has 0 spiro atoms. The third kappa shape index (κ3) is 2.03. The SMILES string of the molecule is O=C1C=C[C@H]([C@@H](O)c2ccccc2Cl)O1. The zero-order chi connectivity index (χ0) is 10.8. The summed E-state index contributed by atoms with van der Waals surface area (Å²) in [5.41, 5.74) is 0.559. The number of cyclic esters (lactones) is 1. The third-order valence-electron chi connectivity index (χ3n) is 2.21. The molecular formula is C11H9ClO3. The molecule has 0 bridgehead atoms. The van der Waals surface area contributed by atoms with Crippen molar-refractivity contribution in [3.8, 4) is 0 Å². The van der Waals surface area contributed by atoms with E-state index in [2.05, 4.69) is 0 Å². The van der Waals surface area contributed by atoms with Gasteiger partial charge in [-0.05, 0) is 12.1 Å². The molecule has 1 aromatic rings. The minimum absolute atomic E-state index is 0.439. The van der Waals surface area contributed by atoms with Gasteiger partial charge in [0.2, 0.25) is 0 Å². The first-order valence-corrected chi connectivity index (χ1v) is 4.87. The Bertz CT molecular complexity index is 414. The Hall–Kier alpha value is -1.32. The van der Waals surface area contributed by atoms with Gasteiger partial charge < -0.3 is 9.84 Å². The average Bonchev–Trinajstić information content (AvgIpc) is 2.65. The van der Waals surface area contributed by atoms with Crippen molar-refractivity contribution in [3.05, 3.63) is 47.0 Å². The zero-order valence-corrected chi connectivity index (χ0v) is 8.52. The predicted molar refractivity (Wildman–Crippen MR) is 55.4 cm³/mol. The van der Waals surface area contributed by atoms with Crippen molar-refractivity contribution in [1.82, 2.24) is 0 Å². The number of hydrogen-bond donors (Lipinski definition) is 1. The van der Waals surface area contributed by atoms with E-state index in [1.54, 1.807) is 24.3 Å². The second kappa shape index (κ2) is 4.04. The maximum absolute atomic E-state index is 10.8. The number of aliphatic hydroxyl groups is 1. The van der Waals surface area contributed by atoms with Crippen molar-refractivity contribution >= 4 is 17.6 Å². The quantitative estimate of drug-likeness (QED) is 0.780. The Morgan fingerprint density at radius 3 is 2.73 bits per heavy atom. The molecule has 0 radical (unpaired) electrons. The van der Waals surface area contributed by atoms with E-state index in [-0.39, 0.29) is 0 Å². The fraction of sp³-hybridized carbons (Fsp3) is 0.182. The Kier molecular flexibility index (Phi) is 2.75. The molecule has 0 saturated heterocycles. The van der Waals surface area contributed by atoms with E-state index in [0.717, 1.165) is 0 Å². The fourth-order valence-electron chi connectivity index (χ4n) is 1.45. The zero-order valence-electron chi connectivity index (χ0n) is 7.76. The Balaban J connectivity index is 2.22. The van der Waals surface area contributed by atoms with E-state index >= 15 is 0 Å². The summed E-state index contributed by atoms with van der Waals surface area (Å²) in [6.07, 6.45) is 1.26. The van der Waals surface area contributed by atoms with E-state index in [1.807, 2.05) is 0 Å². The maximum Gasteiger partial charge on any atom is 0.331 e. The van der Waals surface area contributed by atoms with Gasteiger partial charge in [-0.3, -0.25) is 0 Å². The number of aliphatic hydroxyl groups excluding tert-OH is 1. The molecule has 0 fully saturated rings. The molecule has 3 nitrogen and oxygen atoms in total. The number of benzene rings is 1. The highest BCUT2D eigenvalue weighted by Crippen LogP contribution is 2.28. The molecular weight excluding hydrogens is 216 g/mol. The minimum Gasteiger partial charge on any atom is -0.452 e. The molecule has 4 heteroatoms. The summed E-state index contributed by atoms with van der Waals surface area (Å²) in [4.78, 5) is 10.8. The van der Waals surface area contributed by atoms with E-state index in [4.69, 9.17) is 16.3 Å². The Morgan fingerprint density at radius 1 is 1.40 bits per heavy atom. The van der Waals surface area contributed by atoms with Gasteiger partial charge in [-0.25, -0.2) is 4.79 Å². The van der Waals surface area contributed by atoms with Gasteiger partial charge in [0, 0.05) is 16.7 Å². The highest BCUT2D eigenvalue weighted by molar-refractivity contribution is 6.31. The number of esters is 1. The second-order valence-corrected chi connectivity index (χ2v) is 3.63. The first-order valence-electron chi connectivity index (χ1n) is 4.50. The second-order valence-electron chi connectivity index (χ2n) is 3.23. The van der Waals surface area contributed by atoms with Crippen molar-refractivity contribution in [1.29, 1.82) is 0 Å². The monoisotopic (exact) mass is 224 g/mol. The lowest BCUT2D eigenvalue weighted by Gasteiger charge is -2.17. The summed E-state index contributed by atoms with van der Waals surface area (Å²) in [6.45, 7) is 0. The van der Waals surface area contributed by atoms with E-state index in [0.29, 0.717) is 10.6 Å². The third-order valence-corrected chi connectivity index (χ3v) is 2.55. The van der Waals surface area contributed by atoms with E-state index < -0.39 is 18.2 Å². The summed E-state index contributed by atoms with van der Waals surface area (Å²) in [5, 5.41) is 10.4. The largest absolute Gasteiger partial charge is 0.452 e. The number of carbonyl (C=O) groups excluding carboxylic acids is 1. The van der Waals surface area contributed by atoms with Crippen molar-refractivity contribution in [2.75, 3.05) is 0 Å². The normalized spacial score (nSPS) is 21.5. The molecule has 2 rings (SSSR count). The van der Waals surface area contributed by atoms with Crippen molar-refractivity contribution in [3.63, 3.8) is 0 Å². The highest BCUT2D eigenvalue weighted by Gasteiger charge is 2.27. The molecule has 0 aromatic heterocycles. The van der Waals surface area contributed by atoms with E-state index in [1.165, 1.54) is 12.2 Å². The number of hydrogen-bond acceptors (Lipinski definition) is 3. The van der Waals surface area contributed by atoms with Crippen LogP contribution in [0.4, 0.5) is 0 Å². The fourth-order valence-corrected chi connectivity index (χ4v) is 1.70. The van der Waals surface area contributed by atoms with Crippen LogP contribution in [0.15, 0.2) is 36.4 Å². The van der Waals surface area contributed by atoms with Crippen molar-refractivity contribution in [2.24, 2.45) is 0 Å². The molecule has 0 amide bonds. The highest BCUT2D eigenvalue weighted by atomic mass is 35.5. The molecule has 1 aliphatic heterocycles. The molecule has 0 aliphatic carbocycles. The minimum atomic E-state index is -0.915. The number of ether oxygens (including phenoxy) is 1. The lowest BCUT2D eigenvalue weighted by Crippen LogP contribution is -2.18. The summed E-state index contributed by atoms with van der Waals surface area (Å²) >= 11 is 5.91. The lowest BCUT2D eigenvalue weighted by atomic mass is 10.0. The Morgan fingerprint density at radius 2 is 2.13 bits per heavy atom. The lowest BCUT2D eigenvalue weighted by molar-refractivity contribution is -0.142. The molecule has 1 N–H and O–H groups in total. The van der Waals surface area contributed by atoms with E-state index in [9.17, 15) is 9.90 Å². The standard InChI is InChI=1S/C11H9ClO3/c12-8-4-2-1-3-7(8)11(14)9-5-6-10(13)15-9/h1-6,9,11,14H/t9-,11+/m1/s1. The van der Waals surface area contributed by atoms with Gasteiger partial charge >= 0.3 is 5.97 Å². The first kappa shape index (κ1) is 10.2. The molecule has 1 aliphatic rings. The first-order chi connectivity index (χ1) is 7.18. The van der Waals surface area contributed by atoms with Gasteiger partial charge in [0.05, 0.1) is 0 Å². The topological polar surface area (TPSA) is 46.5 Å². The summed E-state index contributed by atoms with van der Waals surface area (Å²) < 4.78 is 4.87. The molecule has 2 atom stereocenters. The van der Waals surface area contributed by atoms with Crippen LogP contribution in [0, 0.1) is 0 Å². The molecule has 1 heterocycles. The number of rotatable bonds is 2. The van der Waals surface area contributed by atoms with Gasteiger partial charge in [0.25, 0.3) is 0 Å². The predicted octanol–water partition coefficient (Wildman–Crippen LogP) is 1.85. The summed E-state index contributed by atoms with van der Waals surface area (Å²) in [6, 6.07) is 6.92.